The van der Waals surface area contributed by atoms with E-state index < -0.39 is 5.82 Å². The van der Waals surface area contributed by atoms with E-state index in [9.17, 15) is 9.18 Å². The van der Waals surface area contributed by atoms with Gasteiger partial charge in [-0.25, -0.2) is 4.39 Å². The second kappa shape index (κ2) is 7.59. The van der Waals surface area contributed by atoms with Crippen molar-refractivity contribution in [2.75, 3.05) is 5.32 Å². The van der Waals surface area contributed by atoms with Crippen LogP contribution in [0, 0.1) is 5.82 Å². The first-order valence-corrected chi connectivity index (χ1v) is 6.24. The lowest BCUT2D eigenvalue weighted by molar-refractivity contribution is 0.102. The topological polar surface area (TPSA) is 51.2 Å². The minimum atomic E-state index is -0.511. The molecule has 1 aromatic carbocycles. The number of amides is 1. The highest BCUT2D eigenvalue weighted by Gasteiger charge is 2.10. The molecule has 1 heterocycles. The van der Waals surface area contributed by atoms with Gasteiger partial charge in [-0.15, -0.1) is 12.4 Å². The Morgan fingerprint density at radius 3 is 2.67 bits per heavy atom. The third-order valence-corrected chi connectivity index (χ3v) is 2.48. The van der Waals surface area contributed by atoms with Crippen LogP contribution in [0.2, 0.25) is 0 Å². The summed E-state index contributed by atoms with van der Waals surface area (Å²) in [6.45, 7) is 3.63. The first-order chi connectivity index (χ1) is 9.56. The molecule has 0 aliphatic carbocycles. The molecule has 0 aliphatic rings. The van der Waals surface area contributed by atoms with Crippen LogP contribution < -0.4 is 10.1 Å². The van der Waals surface area contributed by atoms with Gasteiger partial charge in [0, 0.05) is 24.1 Å². The fourth-order valence-electron chi connectivity index (χ4n) is 1.63. The first kappa shape index (κ1) is 16.9. The van der Waals surface area contributed by atoms with E-state index in [1.807, 2.05) is 13.8 Å². The molecule has 0 saturated carbocycles. The molecule has 21 heavy (non-hydrogen) atoms. The average Bonchev–Trinajstić information content (AvgIpc) is 2.42. The quantitative estimate of drug-likeness (QED) is 0.937. The molecule has 0 fully saturated rings. The Bertz CT molecular complexity index is 606. The fraction of sp³-hybridized carbons (Fsp3) is 0.200. The van der Waals surface area contributed by atoms with Gasteiger partial charge in [-0.05, 0) is 38.1 Å². The van der Waals surface area contributed by atoms with Crippen molar-refractivity contribution in [2.24, 2.45) is 0 Å². The van der Waals surface area contributed by atoms with Gasteiger partial charge < -0.3 is 10.1 Å². The maximum atomic E-state index is 13.8. The Hall–Kier alpha value is -2.14. The third-order valence-electron chi connectivity index (χ3n) is 2.48. The van der Waals surface area contributed by atoms with Gasteiger partial charge in [0.2, 0.25) is 0 Å². The van der Waals surface area contributed by atoms with E-state index in [0.717, 1.165) is 0 Å². The third kappa shape index (κ3) is 4.72. The van der Waals surface area contributed by atoms with Gasteiger partial charge in [0.15, 0.2) is 11.6 Å². The summed E-state index contributed by atoms with van der Waals surface area (Å²) in [6.07, 6.45) is 2.91. The maximum absolute atomic E-state index is 13.8. The number of pyridine rings is 1. The van der Waals surface area contributed by atoms with Crippen LogP contribution in [0.15, 0.2) is 42.7 Å². The van der Waals surface area contributed by atoms with Gasteiger partial charge in [-0.2, -0.15) is 0 Å². The lowest BCUT2D eigenvalue weighted by atomic mass is 10.2. The lowest BCUT2D eigenvalue weighted by Gasteiger charge is -2.12. The standard InChI is InChI=1S/C15H15FN2O2.ClH/c1-10(2)20-14-6-5-12(8-13(14)16)18-15(19)11-4-3-7-17-9-11;/h3-10H,1-2H3,(H,18,19);1H. The molecular weight excluding hydrogens is 295 g/mol. The predicted octanol–water partition coefficient (Wildman–Crippen LogP) is 3.68. The Labute approximate surface area is 128 Å². The highest BCUT2D eigenvalue weighted by atomic mass is 35.5. The van der Waals surface area contributed by atoms with Crippen LogP contribution in [0.3, 0.4) is 0 Å². The minimum Gasteiger partial charge on any atom is -0.488 e. The molecule has 4 nitrogen and oxygen atoms in total. The van der Waals surface area contributed by atoms with Crippen LogP contribution in [-0.4, -0.2) is 17.0 Å². The normalized spacial score (nSPS) is 9.90. The summed E-state index contributed by atoms with van der Waals surface area (Å²) in [5, 5.41) is 2.61. The highest BCUT2D eigenvalue weighted by molar-refractivity contribution is 6.04. The zero-order valence-electron chi connectivity index (χ0n) is 11.7. The smallest absolute Gasteiger partial charge is 0.257 e. The van der Waals surface area contributed by atoms with Gasteiger partial charge in [0.05, 0.1) is 11.7 Å². The van der Waals surface area contributed by atoms with Crippen molar-refractivity contribution in [1.29, 1.82) is 0 Å². The van der Waals surface area contributed by atoms with Gasteiger partial charge in [-0.1, -0.05) is 0 Å². The number of halogens is 2. The van der Waals surface area contributed by atoms with Crippen molar-refractivity contribution in [3.63, 3.8) is 0 Å². The summed E-state index contributed by atoms with van der Waals surface area (Å²) in [5.41, 5.74) is 0.780. The van der Waals surface area contributed by atoms with Crippen molar-refractivity contribution in [3.8, 4) is 5.75 Å². The summed E-state index contributed by atoms with van der Waals surface area (Å²) < 4.78 is 19.1. The SMILES string of the molecule is CC(C)Oc1ccc(NC(=O)c2cccnc2)cc1F.Cl. The molecule has 6 heteroatoms. The molecule has 0 bridgehead atoms. The second-order valence-corrected chi connectivity index (χ2v) is 4.51. The Kier molecular flexibility index (Phi) is 6.11. The second-order valence-electron chi connectivity index (χ2n) is 4.51. The number of aromatic nitrogens is 1. The van der Waals surface area contributed by atoms with E-state index in [0.29, 0.717) is 11.3 Å². The van der Waals surface area contributed by atoms with Crippen molar-refractivity contribution in [3.05, 3.63) is 54.1 Å². The summed E-state index contributed by atoms with van der Waals surface area (Å²) in [6, 6.07) is 7.61. The summed E-state index contributed by atoms with van der Waals surface area (Å²) >= 11 is 0. The number of carbonyl (C=O) groups excluding carboxylic acids is 1. The van der Waals surface area contributed by atoms with E-state index in [-0.39, 0.29) is 30.2 Å². The fourth-order valence-corrected chi connectivity index (χ4v) is 1.63. The van der Waals surface area contributed by atoms with Crippen molar-refractivity contribution < 1.29 is 13.9 Å². The zero-order valence-corrected chi connectivity index (χ0v) is 12.5. The molecule has 112 valence electrons. The predicted molar refractivity (Wildman–Crippen MR) is 81.6 cm³/mol. The number of rotatable bonds is 4. The molecule has 1 N–H and O–H groups in total. The van der Waals surface area contributed by atoms with Crippen LogP contribution in [0.5, 0.6) is 5.75 Å². The van der Waals surface area contributed by atoms with Crippen LogP contribution in [-0.2, 0) is 0 Å². The summed E-state index contributed by atoms with van der Waals surface area (Å²) in [7, 11) is 0. The number of hydrogen-bond donors (Lipinski definition) is 1. The molecule has 2 aromatic rings. The molecular formula is C15H16ClFN2O2. The van der Waals surface area contributed by atoms with Crippen LogP contribution in [0.25, 0.3) is 0 Å². The molecule has 0 radical (unpaired) electrons. The molecule has 2 rings (SSSR count). The van der Waals surface area contributed by atoms with Crippen molar-refractivity contribution >= 4 is 24.0 Å². The van der Waals surface area contributed by atoms with Gasteiger partial charge >= 0.3 is 0 Å². The lowest BCUT2D eigenvalue weighted by Crippen LogP contribution is -2.12. The van der Waals surface area contributed by atoms with E-state index in [1.165, 1.54) is 18.3 Å². The molecule has 0 saturated heterocycles. The number of benzene rings is 1. The first-order valence-electron chi connectivity index (χ1n) is 6.24. The van der Waals surface area contributed by atoms with Crippen molar-refractivity contribution in [2.45, 2.75) is 20.0 Å². The molecule has 1 amide bonds. The number of carbonyl (C=O) groups is 1. The van der Waals surface area contributed by atoms with E-state index in [1.54, 1.807) is 24.4 Å². The number of nitrogens with one attached hydrogen (secondary N) is 1. The van der Waals surface area contributed by atoms with E-state index in [2.05, 4.69) is 10.3 Å². The van der Waals surface area contributed by atoms with E-state index in [4.69, 9.17) is 4.74 Å². The molecule has 0 aliphatic heterocycles. The van der Waals surface area contributed by atoms with Gasteiger partial charge in [-0.3, -0.25) is 9.78 Å². The van der Waals surface area contributed by atoms with Gasteiger partial charge in [0.25, 0.3) is 5.91 Å². The Morgan fingerprint density at radius 1 is 1.33 bits per heavy atom. The summed E-state index contributed by atoms with van der Waals surface area (Å²) in [4.78, 5) is 15.7. The van der Waals surface area contributed by atoms with Gasteiger partial charge in [0.1, 0.15) is 0 Å². The number of nitrogens with zero attached hydrogens (tertiary/aromatic N) is 1. The molecule has 0 atom stereocenters. The van der Waals surface area contributed by atoms with Crippen molar-refractivity contribution in [1.82, 2.24) is 4.98 Å². The molecule has 1 aromatic heterocycles. The summed E-state index contributed by atoms with van der Waals surface area (Å²) in [5.74, 6) is -0.683. The van der Waals surface area contributed by atoms with Crippen LogP contribution >= 0.6 is 12.4 Å². The highest BCUT2D eigenvalue weighted by Crippen LogP contribution is 2.22. The zero-order chi connectivity index (χ0) is 14.5. The molecule has 0 spiro atoms. The monoisotopic (exact) mass is 310 g/mol. The Morgan fingerprint density at radius 2 is 2.10 bits per heavy atom. The Balaban J connectivity index is 0.00000220. The minimum absolute atomic E-state index is 0. The largest absolute Gasteiger partial charge is 0.488 e. The maximum Gasteiger partial charge on any atom is 0.257 e. The average molecular weight is 311 g/mol. The number of anilines is 1. The molecule has 0 unspecified atom stereocenters. The number of hydrogen-bond acceptors (Lipinski definition) is 3. The van der Waals surface area contributed by atoms with Crippen LogP contribution in [0.4, 0.5) is 10.1 Å². The number of ether oxygens (including phenoxy) is 1. The van der Waals surface area contributed by atoms with Crippen LogP contribution in [0.1, 0.15) is 24.2 Å². The van der Waals surface area contributed by atoms with E-state index >= 15 is 0 Å².